The monoisotopic (exact) mass is 254 g/mol. The molecule has 0 aromatic heterocycles. The topological polar surface area (TPSA) is 33.3 Å². The molecule has 3 nitrogen and oxygen atoms in total. The molecule has 2 atom stereocenters. The van der Waals surface area contributed by atoms with Gasteiger partial charge in [-0.25, -0.2) is 0 Å². The van der Waals surface area contributed by atoms with Crippen molar-refractivity contribution in [3.63, 3.8) is 0 Å². The van der Waals surface area contributed by atoms with Gasteiger partial charge in [-0.05, 0) is 5.41 Å². The van der Waals surface area contributed by atoms with Crippen LogP contribution in [0, 0.1) is 5.41 Å². The lowest BCUT2D eigenvalue weighted by atomic mass is 9.86. The highest BCUT2D eigenvalue weighted by Crippen LogP contribution is 2.21. The Hall–Kier alpha value is -0.330. The Kier molecular flexibility index (Phi) is 4.80. The molecule has 1 aliphatic heterocycles. The van der Waals surface area contributed by atoms with Gasteiger partial charge in [-0.15, -0.1) is 0 Å². The van der Waals surface area contributed by atoms with Gasteiger partial charge in [-0.3, -0.25) is 5.32 Å². The Bertz CT molecular complexity index is 227. The van der Waals surface area contributed by atoms with Crippen molar-refractivity contribution < 1.29 is 17.9 Å². The minimum atomic E-state index is -4.14. The summed E-state index contributed by atoms with van der Waals surface area (Å²) in [5.41, 5.74) is 0.129. The maximum atomic E-state index is 11.9. The molecule has 2 N–H and O–H groups in total. The number of alkyl halides is 3. The van der Waals surface area contributed by atoms with Crippen molar-refractivity contribution in [2.24, 2.45) is 5.41 Å². The van der Waals surface area contributed by atoms with Crippen LogP contribution in [0.3, 0.4) is 0 Å². The van der Waals surface area contributed by atoms with Crippen LogP contribution in [0.5, 0.6) is 0 Å². The zero-order valence-electron chi connectivity index (χ0n) is 10.5. The van der Waals surface area contributed by atoms with E-state index in [-0.39, 0.29) is 18.2 Å². The van der Waals surface area contributed by atoms with E-state index >= 15 is 0 Å². The average Bonchev–Trinajstić information content (AvgIpc) is 2.15. The molecule has 1 heterocycles. The smallest absolute Gasteiger partial charge is 0.362 e. The van der Waals surface area contributed by atoms with Gasteiger partial charge in [0.25, 0.3) is 0 Å². The first kappa shape index (κ1) is 14.7. The second-order valence-corrected chi connectivity index (χ2v) is 5.46. The first-order chi connectivity index (χ1) is 7.68. The molecule has 1 saturated heterocycles. The molecule has 0 saturated carbocycles. The molecule has 0 aliphatic carbocycles. The summed E-state index contributed by atoms with van der Waals surface area (Å²) in [7, 11) is 0. The van der Waals surface area contributed by atoms with E-state index < -0.39 is 12.6 Å². The maximum Gasteiger partial charge on any atom is 0.391 e. The fraction of sp³-hybridized carbons (Fsp3) is 1.00. The van der Waals surface area contributed by atoms with E-state index in [1.807, 2.05) is 0 Å². The van der Waals surface area contributed by atoms with Crippen LogP contribution in [0.25, 0.3) is 0 Å². The fourth-order valence-electron chi connectivity index (χ4n) is 1.69. The molecular formula is C11H21F3N2O. The quantitative estimate of drug-likeness (QED) is 0.807. The molecular weight excluding hydrogens is 233 g/mol. The summed E-state index contributed by atoms with van der Waals surface area (Å²) in [6.45, 7) is 7.33. The summed E-state index contributed by atoms with van der Waals surface area (Å²) in [6, 6.07) is 0.310. The normalized spacial score (nSPS) is 27.2. The Morgan fingerprint density at radius 2 is 1.76 bits per heavy atom. The predicted molar refractivity (Wildman–Crippen MR) is 59.7 cm³/mol. The average molecular weight is 254 g/mol. The standard InChI is InChI=1S/C11H21F3N2O/c1-10(2,3)8-6-16-9(7-15-8)17-5-4-11(12,13)14/h8-9,15-16H,4-7H2,1-3H3. The van der Waals surface area contributed by atoms with Crippen LogP contribution in [0.4, 0.5) is 13.2 Å². The number of piperazine rings is 1. The minimum absolute atomic E-state index is 0.129. The van der Waals surface area contributed by atoms with Crippen LogP contribution in [0.2, 0.25) is 0 Å². The largest absolute Gasteiger partial charge is 0.391 e. The molecule has 0 radical (unpaired) electrons. The van der Waals surface area contributed by atoms with E-state index in [0.717, 1.165) is 0 Å². The van der Waals surface area contributed by atoms with Crippen molar-refractivity contribution >= 4 is 0 Å². The summed E-state index contributed by atoms with van der Waals surface area (Å²) in [5, 5.41) is 6.40. The van der Waals surface area contributed by atoms with Gasteiger partial charge in [0.05, 0.1) is 13.0 Å². The van der Waals surface area contributed by atoms with E-state index in [0.29, 0.717) is 19.1 Å². The lowest BCUT2D eigenvalue weighted by Crippen LogP contribution is -2.59. The molecule has 1 fully saturated rings. The fourth-order valence-corrected chi connectivity index (χ4v) is 1.69. The molecule has 0 aromatic carbocycles. The molecule has 6 heteroatoms. The number of ether oxygens (including phenoxy) is 1. The third kappa shape index (κ3) is 5.70. The van der Waals surface area contributed by atoms with Crippen LogP contribution in [-0.4, -0.2) is 38.1 Å². The van der Waals surface area contributed by atoms with Crippen LogP contribution < -0.4 is 10.6 Å². The first-order valence-electron chi connectivity index (χ1n) is 5.83. The SMILES string of the molecule is CC(C)(C)C1CNC(OCCC(F)(F)F)CN1. The lowest BCUT2D eigenvalue weighted by molar-refractivity contribution is -0.151. The van der Waals surface area contributed by atoms with Crippen molar-refractivity contribution in [2.45, 2.75) is 45.6 Å². The molecule has 0 spiro atoms. The Morgan fingerprint density at radius 3 is 2.18 bits per heavy atom. The molecule has 17 heavy (non-hydrogen) atoms. The van der Waals surface area contributed by atoms with E-state index in [4.69, 9.17) is 4.74 Å². The summed E-state index contributed by atoms with van der Waals surface area (Å²) >= 11 is 0. The van der Waals surface area contributed by atoms with Crippen LogP contribution in [-0.2, 0) is 4.74 Å². The third-order valence-corrected chi connectivity index (χ3v) is 2.85. The molecule has 0 amide bonds. The van der Waals surface area contributed by atoms with Crippen molar-refractivity contribution in [1.82, 2.24) is 10.6 Å². The molecule has 102 valence electrons. The van der Waals surface area contributed by atoms with Crippen molar-refractivity contribution in [2.75, 3.05) is 19.7 Å². The summed E-state index contributed by atoms with van der Waals surface area (Å²) in [4.78, 5) is 0. The Morgan fingerprint density at radius 1 is 1.12 bits per heavy atom. The zero-order chi connectivity index (χ0) is 13.1. The van der Waals surface area contributed by atoms with E-state index in [1.54, 1.807) is 0 Å². The van der Waals surface area contributed by atoms with Gasteiger partial charge in [0.15, 0.2) is 0 Å². The maximum absolute atomic E-state index is 11.9. The van der Waals surface area contributed by atoms with E-state index in [1.165, 1.54) is 0 Å². The van der Waals surface area contributed by atoms with E-state index in [9.17, 15) is 13.2 Å². The number of hydrogen-bond acceptors (Lipinski definition) is 3. The van der Waals surface area contributed by atoms with Crippen molar-refractivity contribution in [3.05, 3.63) is 0 Å². The highest BCUT2D eigenvalue weighted by atomic mass is 19.4. The van der Waals surface area contributed by atoms with Gasteiger partial charge in [0.2, 0.25) is 0 Å². The van der Waals surface area contributed by atoms with Gasteiger partial charge < -0.3 is 10.1 Å². The van der Waals surface area contributed by atoms with Crippen LogP contribution in [0.15, 0.2) is 0 Å². The Balaban J connectivity index is 2.20. The molecule has 0 bridgehead atoms. The van der Waals surface area contributed by atoms with Gasteiger partial charge in [-0.2, -0.15) is 13.2 Å². The highest BCUT2D eigenvalue weighted by molar-refractivity contribution is 4.87. The zero-order valence-corrected chi connectivity index (χ0v) is 10.5. The number of rotatable bonds is 3. The molecule has 0 aromatic rings. The van der Waals surface area contributed by atoms with Crippen LogP contribution in [0.1, 0.15) is 27.2 Å². The van der Waals surface area contributed by atoms with Gasteiger partial charge in [0, 0.05) is 19.1 Å². The molecule has 2 unspecified atom stereocenters. The number of nitrogens with one attached hydrogen (secondary N) is 2. The summed E-state index contributed by atoms with van der Waals surface area (Å²) in [6.07, 6.45) is -5.36. The third-order valence-electron chi connectivity index (χ3n) is 2.85. The van der Waals surface area contributed by atoms with Gasteiger partial charge in [-0.1, -0.05) is 20.8 Å². The molecule has 1 aliphatic rings. The Labute approximate surface area is 100 Å². The first-order valence-corrected chi connectivity index (χ1v) is 5.83. The second kappa shape index (κ2) is 5.54. The predicted octanol–water partition coefficient (Wildman–Crippen LogP) is 1.89. The summed E-state index contributed by atoms with van der Waals surface area (Å²) < 4.78 is 40.9. The second-order valence-electron chi connectivity index (χ2n) is 5.46. The van der Waals surface area contributed by atoms with Gasteiger partial charge >= 0.3 is 6.18 Å². The number of hydrogen-bond donors (Lipinski definition) is 2. The highest BCUT2D eigenvalue weighted by Gasteiger charge is 2.30. The number of halogens is 3. The lowest BCUT2D eigenvalue weighted by Gasteiger charge is -2.38. The minimum Gasteiger partial charge on any atom is -0.362 e. The summed E-state index contributed by atoms with van der Waals surface area (Å²) in [5.74, 6) is 0. The van der Waals surface area contributed by atoms with Gasteiger partial charge in [0.1, 0.15) is 6.23 Å². The van der Waals surface area contributed by atoms with E-state index in [2.05, 4.69) is 31.4 Å². The van der Waals surface area contributed by atoms with Crippen molar-refractivity contribution in [1.29, 1.82) is 0 Å². The van der Waals surface area contributed by atoms with Crippen LogP contribution >= 0.6 is 0 Å². The van der Waals surface area contributed by atoms with Crippen molar-refractivity contribution in [3.8, 4) is 0 Å². The molecule has 1 rings (SSSR count).